The zero-order valence-electron chi connectivity index (χ0n) is 10.4. The van der Waals surface area contributed by atoms with Crippen LogP contribution in [0.1, 0.15) is 42.6 Å². The SMILES string of the molecule is CCNc1nsnc1C1CCCc2cccnc21. The second-order valence-corrected chi connectivity index (χ2v) is 5.05. The lowest BCUT2D eigenvalue weighted by Gasteiger charge is -2.23. The Labute approximate surface area is 111 Å². The molecule has 1 aliphatic carbocycles. The van der Waals surface area contributed by atoms with Crippen LogP contribution in [-0.4, -0.2) is 20.3 Å². The van der Waals surface area contributed by atoms with Gasteiger partial charge in [0.05, 0.1) is 17.4 Å². The predicted molar refractivity (Wildman–Crippen MR) is 73.1 cm³/mol. The second-order valence-electron chi connectivity index (χ2n) is 4.52. The summed E-state index contributed by atoms with van der Waals surface area (Å²) in [6, 6.07) is 4.20. The molecule has 2 aromatic rings. The van der Waals surface area contributed by atoms with E-state index in [0.717, 1.165) is 30.9 Å². The molecule has 1 atom stereocenters. The van der Waals surface area contributed by atoms with Crippen LogP contribution in [0.3, 0.4) is 0 Å². The molecule has 0 aromatic carbocycles. The third-order valence-electron chi connectivity index (χ3n) is 3.38. The molecule has 0 spiro atoms. The molecule has 1 N–H and O–H groups in total. The topological polar surface area (TPSA) is 50.7 Å². The molecular formula is C13H16N4S. The first kappa shape index (κ1) is 11.6. The first-order valence-corrected chi connectivity index (χ1v) is 7.13. The molecule has 1 aliphatic rings. The summed E-state index contributed by atoms with van der Waals surface area (Å²) >= 11 is 1.28. The van der Waals surface area contributed by atoms with Gasteiger partial charge in [-0.3, -0.25) is 4.98 Å². The molecule has 2 heterocycles. The van der Waals surface area contributed by atoms with Crippen molar-refractivity contribution in [2.45, 2.75) is 32.1 Å². The van der Waals surface area contributed by atoms with E-state index in [2.05, 4.69) is 32.0 Å². The third kappa shape index (κ3) is 1.99. The maximum atomic E-state index is 4.57. The van der Waals surface area contributed by atoms with Crippen LogP contribution in [0.15, 0.2) is 18.3 Å². The van der Waals surface area contributed by atoms with Crippen LogP contribution in [0.2, 0.25) is 0 Å². The summed E-state index contributed by atoms with van der Waals surface area (Å²) < 4.78 is 8.83. The van der Waals surface area contributed by atoms with E-state index in [9.17, 15) is 0 Å². The first-order chi connectivity index (χ1) is 8.90. The Balaban J connectivity index is 2.00. The van der Waals surface area contributed by atoms with Crippen LogP contribution < -0.4 is 5.32 Å². The summed E-state index contributed by atoms with van der Waals surface area (Å²) in [5.74, 6) is 1.24. The molecule has 3 rings (SSSR count). The van der Waals surface area contributed by atoms with Crippen LogP contribution in [0.25, 0.3) is 0 Å². The maximum absolute atomic E-state index is 4.57. The van der Waals surface area contributed by atoms with Crippen molar-refractivity contribution in [3.8, 4) is 0 Å². The Kier molecular flexibility index (Phi) is 3.23. The van der Waals surface area contributed by atoms with Gasteiger partial charge < -0.3 is 5.32 Å². The Hall–Kier alpha value is -1.49. The van der Waals surface area contributed by atoms with Crippen molar-refractivity contribution < 1.29 is 0 Å². The minimum absolute atomic E-state index is 0.308. The average molecular weight is 260 g/mol. The van der Waals surface area contributed by atoms with E-state index in [-0.39, 0.29) is 0 Å². The quantitative estimate of drug-likeness (QED) is 0.922. The lowest BCUT2D eigenvalue weighted by atomic mass is 9.84. The minimum atomic E-state index is 0.308. The Morgan fingerprint density at radius 2 is 2.33 bits per heavy atom. The van der Waals surface area contributed by atoms with E-state index in [1.54, 1.807) is 0 Å². The monoisotopic (exact) mass is 260 g/mol. The summed E-state index contributed by atoms with van der Waals surface area (Å²) in [4.78, 5) is 4.57. The van der Waals surface area contributed by atoms with Crippen molar-refractivity contribution in [1.82, 2.24) is 13.7 Å². The molecule has 0 saturated heterocycles. The molecule has 0 radical (unpaired) electrons. The fourth-order valence-electron chi connectivity index (χ4n) is 2.59. The van der Waals surface area contributed by atoms with Gasteiger partial charge in [-0.05, 0) is 37.8 Å². The largest absolute Gasteiger partial charge is 0.368 e. The normalized spacial score (nSPS) is 18.4. The van der Waals surface area contributed by atoms with E-state index in [1.165, 1.54) is 29.4 Å². The molecule has 0 saturated carbocycles. The van der Waals surface area contributed by atoms with Crippen LogP contribution in [-0.2, 0) is 6.42 Å². The Morgan fingerprint density at radius 1 is 1.39 bits per heavy atom. The molecule has 94 valence electrons. The van der Waals surface area contributed by atoms with Gasteiger partial charge in [0, 0.05) is 18.7 Å². The summed E-state index contributed by atoms with van der Waals surface area (Å²) in [7, 11) is 0. The number of anilines is 1. The molecule has 0 amide bonds. The molecule has 1 unspecified atom stereocenters. The van der Waals surface area contributed by atoms with E-state index in [1.807, 2.05) is 12.3 Å². The van der Waals surface area contributed by atoms with Crippen molar-refractivity contribution in [2.24, 2.45) is 0 Å². The van der Waals surface area contributed by atoms with Gasteiger partial charge in [-0.25, -0.2) is 0 Å². The van der Waals surface area contributed by atoms with Crippen molar-refractivity contribution in [1.29, 1.82) is 0 Å². The van der Waals surface area contributed by atoms with Crippen molar-refractivity contribution in [2.75, 3.05) is 11.9 Å². The molecule has 2 aromatic heterocycles. The fourth-order valence-corrected chi connectivity index (χ4v) is 3.17. The highest BCUT2D eigenvalue weighted by Crippen LogP contribution is 2.37. The lowest BCUT2D eigenvalue weighted by Crippen LogP contribution is -2.15. The highest BCUT2D eigenvalue weighted by Gasteiger charge is 2.27. The van der Waals surface area contributed by atoms with Crippen LogP contribution in [0.4, 0.5) is 5.82 Å². The zero-order valence-corrected chi connectivity index (χ0v) is 11.2. The van der Waals surface area contributed by atoms with Gasteiger partial charge in [0.2, 0.25) is 0 Å². The van der Waals surface area contributed by atoms with Crippen LogP contribution in [0.5, 0.6) is 0 Å². The first-order valence-electron chi connectivity index (χ1n) is 6.40. The summed E-state index contributed by atoms with van der Waals surface area (Å²) in [5.41, 5.74) is 3.63. The number of aromatic nitrogens is 3. The van der Waals surface area contributed by atoms with Crippen molar-refractivity contribution in [3.05, 3.63) is 35.3 Å². The molecular weight excluding hydrogens is 244 g/mol. The van der Waals surface area contributed by atoms with Gasteiger partial charge in [0.15, 0.2) is 5.82 Å². The summed E-state index contributed by atoms with van der Waals surface area (Å²) in [6.45, 7) is 2.95. The van der Waals surface area contributed by atoms with Crippen molar-refractivity contribution >= 4 is 17.5 Å². The average Bonchev–Trinajstić information content (AvgIpc) is 2.87. The molecule has 0 aliphatic heterocycles. The number of nitrogens with zero attached hydrogens (tertiary/aromatic N) is 3. The number of rotatable bonds is 3. The van der Waals surface area contributed by atoms with Crippen molar-refractivity contribution in [3.63, 3.8) is 0 Å². The standard InChI is InChI=1S/C13H16N4S/c1-2-14-13-12(16-18-17-13)10-7-3-5-9-6-4-8-15-11(9)10/h4,6,8,10H,2-3,5,7H2,1H3,(H,14,17). The zero-order chi connectivity index (χ0) is 12.4. The smallest absolute Gasteiger partial charge is 0.163 e. The summed E-state index contributed by atoms with van der Waals surface area (Å²) in [6.07, 6.45) is 5.33. The van der Waals surface area contributed by atoms with E-state index < -0.39 is 0 Å². The van der Waals surface area contributed by atoms with Gasteiger partial charge in [-0.1, -0.05) is 6.07 Å². The highest BCUT2D eigenvalue weighted by atomic mass is 32.1. The van der Waals surface area contributed by atoms with E-state index >= 15 is 0 Å². The number of hydrogen-bond acceptors (Lipinski definition) is 5. The second kappa shape index (κ2) is 5.02. The Bertz CT molecular complexity index is 537. The number of hydrogen-bond donors (Lipinski definition) is 1. The molecule has 0 bridgehead atoms. The van der Waals surface area contributed by atoms with E-state index in [4.69, 9.17) is 0 Å². The predicted octanol–water partition coefficient (Wildman–Crippen LogP) is 2.83. The number of pyridine rings is 1. The molecule has 5 heteroatoms. The number of fused-ring (bicyclic) bond motifs is 1. The number of aryl methyl sites for hydroxylation is 1. The van der Waals surface area contributed by atoms with Gasteiger partial charge in [0.1, 0.15) is 5.69 Å². The van der Waals surface area contributed by atoms with Crippen LogP contribution >= 0.6 is 11.7 Å². The molecule has 0 fully saturated rings. The molecule has 18 heavy (non-hydrogen) atoms. The third-order valence-corrected chi connectivity index (χ3v) is 3.93. The minimum Gasteiger partial charge on any atom is -0.368 e. The van der Waals surface area contributed by atoms with Gasteiger partial charge in [0.25, 0.3) is 0 Å². The van der Waals surface area contributed by atoms with Gasteiger partial charge in [-0.2, -0.15) is 8.75 Å². The maximum Gasteiger partial charge on any atom is 0.163 e. The fraction of sp³-hybridized carbons (Fsp3) is 0.462. The number of nitrogens with one attached hydrogen (secondary N) is 1. The van der Waals surface area contributed by atoms with Gasteiger partial charge in [-0.15, -0.1) is 0 Å². The van der Waals surface area contributed by atoms with E-state index in [0.29, 0.717) is 5.92 Å². The summed E-state index contributed by atoms with van der Waals surface area (Å²) in [5, 5.41) is 3.29. The lowest BCUT2D eigenvalue weighted by molar-refractivity contribution is 0.592. The van der Waals surface area contributed by atoms with Crippen LogP contribution in [0, 0.1) is 0 Å². The molecule has 4 nitrogen and oxygen atoms in total. The Morgan fingerprint density at radius 3 is 3.22 bits per heavy atom. The highest BCUT2D eigenvalue weighted by molar-refractivity contribution is 6.99. The van der Waals surface area contributed by atoms with Gasteiger partial charge >= 0.3 is 0 Å².